The van der Waals surface area contributed by atoms with E-state index in [4.69, 9.17) is 14.2 Å². The second-order valence-corrected chi connectivity index (χ2v) is 9.25. The number of hydrogen-bond acceptors (Lipinski definition) is 7. The first-order valence-corrected chi connectivity index (χ1v) is 11.2. The third-order valence-corrected chi connectivity index (χ3v) is 4.99. The summed E-state index contributed by atoms with van der Waals surface area (Å²) < 4.78 is 16.4. The highest BCUT2D eigenvalue weighted by Crippen LogP contribution is 2.31. The van der Waals surface area contributed by atoms with Gasteiger partial charge < -0.3 is 19.1 Å². The number of benzene rings is 1. The standard InChI is InChI=1S/C25H39NO6/c1-15(2)23(27)30-12-19-10-20(13-31-24(28)16(3)4)22(26(9)18(7)8)21(11-19)14-32-25(29)17(5)6/h10-11,15-18H,12-14H2,1-9H3. The van der Waals surface area contributed by atoms with Crippen molar-refractivity contribution in [1.29, 1.82) is 0 Å². The quantitative estimate of drug-likeness (QED) is 0.360. The van der Waals surface area contributed by atoms with Crippen LogP contribution in [-0.4, -0.2) is 31.0 Å². The van der Waals surface area contributed by atoms with E-state index in [1.165, 1.54) is 0 Å². The van der Waals surface area contributed by atoms with Gasteiger partial charge in [0.1, 0.15) is 19.8 Å². The van der Waals surface area contributed by atoms with Crippen molar-refractivity contribution >= 4 is 23.6 Å². The van der Waals surface area contributed by atoms with Crippen molar-refractivity contribution in [3.8, 4) is 0 Å². The molecule has 0 amide bonds. The molecule has 180 valence electrons. The minimum absolute atomic E-state index is 0.0699. The molecule has 0 saturated heterocycles. The summed E-state index contributed by atoms with van der Waals surface area (Å²) in [5, 5.41) is 0. The molecule has 0 atom stereocenters. The van der Waals surface area contributed by atoms with Gasteiger partial charge in [0.05, 0.1) is 17.8 Å². The van der Waals surface area contributed by atoms with E-state index in [9.17, 15) is 14.4 Å². The molecule has 0 aliphatic rings. The summed E-state index contributed by atoms with van der Waals surface area (Å²) in [6.45, 7) is 15.0. The zero-order valence-corrected chi connectivity index (χ0v) is 21.0. The van der Waals surface area contributed by atoms with Crippen molar-refractivity contribution in [3.05, 3.63) is 28.8 Å². The van der Waals surface area contributed by atoms with Crippen LogP contribution in [0, 0.1) is 17.8 Å². The van der Waals surface area contributed by atoms with Crippen LogP contribution >= 0.6 is 0 Å². The highest BCUT2D eigenvalue weighted by molar-refractivity contribution is 5.73. The summed E-state index contributed by atoms with van der Waals surface area (Å²) in [5.74, 6) is -1.63. The lowest BCUT2D eigenvalue weighted by Crippen LogP contribution is -2.29. The van der Waals surface area contributed by atoms with Crippen molar-refractivity contribution in [2.24, 2.45) is 17.8 Å². The Morgan fingerprint density at radius 3 is 1.34 bits per heavy atom. The van der Waals surface area contributed by atoms with Gasteiger partial charge >= 0.3 is 17.9 Å². The van der Waals surface area contributed by atoms with Crippen LogP contribution in [0.25, 0.3) is 0 Å². The summed E-state index contributed by atoms with van der Waals surface area (Å²) >= 11 is 0. The molecule has 1 rings (SSSR count). The fourth-order valence-corrected chi connectivity index (χ4v) is 2.80. The van der Waals surface area contributed by atoms with Gasteiger partial charge in [-0.05, 0) is 31.5 Å². The molecule has 0 aliphatic carbocycles. The van der Waals surface area contributed by atoms with Crippen molar-refractivity contribution < 1.29 is 28.6 Å². The number of esters is 3. The summed E-state index contributed by atoms with van der Waals surface area (Å²) in [5.41, 5.74) is 3.12. The maximum atomic E-state index is 12.1. The lowest BCUT2D eigenvalue weighted by Gasteiger charge is -2.30. The number of ether oxygens (including phenoxy) is 3. The molecule has 0 aliphatic heterocycles. The maximum Gasteiger partial charge on any atom is 0.308 e. The van der Waals surface area contributed by atoms with Crippen LogP contribution in [0.3, 0.4) is 0 Å². The van der Waals surface area contributed by atoms with Gasteiger partial charge in [-0.15, -0.1) is 0 Å². The Morgan fingerprint density at radius 1 is 0.688 bits per heavy atom. The van der Waals surface area contributed by atoms with Crippen molar-refractivity contribution in [2.45, 2.75) is 81.3 Å². The van der Waals surface area contributed by atoms with Gasteiger partial charge in [0.2, 0.25) is 0 Å². The zero-order chi connectivity index (χ0) is 24.6. The van der Waals surface area contributed by atoms with E-state index in [1.54, 1.807) is 41.5 Å². The van der Waals surface area contributed by atoms with E-state index >= 15 is 0 Å². The number of carbonyl (C=O) groups is 3. The Hall–Kier alpha value is -2.57. The molecular weight excluding hydrogens is 410 g/mol. The molecule has 0 fully saturated rings. The molecule has 0 heterocycles. The van der Waals surface area contributed by atoms with E-state index in [0.29, 0.717) is 0 Å². The maximum absolute atomic E-state index is 12.1. The number of carbonyl (C=O) groups excluding carboxylic acids is 3. The van der Waals surface area contributed by atoms with Crippen LogP contribution in [0.4, 0.5) is 5.69 Å². The Labute approximate surface area is 192 Å². The Morgan fingerprint density at radius 2 is 1.03 bits per heavy atom. The van der Waals surface area contributed by atoms with Crippen LogP contribution in [0.5, 0.6) is 0 Å². The third-order valence-electron chi connectivity index (χ3n) is 4.99. The zero-order valence-electron chi connectivity index (χ0n) is 21.0. The van der Waals surface area contributed by atoms with E-state index in [1.807, 2.05) is 33.0 Å². The number of hydrogen-bond donors (Lipinski definition) is 0. The topological polar surface area (TPSA) is 82.1 Å². The van der Waals surface area contributed by atoms with Crippen LogP contribution in [0.1, 0.15) is 72.1 Å². The summed E-state index contributed by atoms with van der Waals surface area (Å²) in [7, 11) is 1.94. The SMILES string of the molecule is CC(C)C(=O)OCc1cc(COC(=O)C(C)C)c(N(C)C(C)C)c(COC(=O)C(C)C)c1. The Balaban J connectivity index is 3.41. The molecule has 7 heteroatoms. The fourth-order valence-electron chi connectivity index (χ4n) is 2.80. The predicted molar refractivity (Wildman–Crippen MR) is 124 cm³/mol. The predicted octanol–water partition coefficient (Wildman–Crippen LogP) is 4.63. The third kappa shape index (κ3) is 8.17. The summed E-state index contributed by atoms with van der Waals surface area (Å²) in [4.78, 5) is 38.2. The van der Waals surface area contributed by atoms with E-state index in [-0.39, 0.29) is 61.5 Å². The molecule has 0 bridgehead atoms. The first-order chi connectivity index (χ1) is 14.8. The summed E-state index contributed by atoms with van der Waals surface area (Å²) in [6.07, 6.45) is 0. The average Bonchev–Trinajstić information content (AvgIpc) is 2.72. The van der Waals surface area contributed by atoms with E-state index in [0.717, 1.165) is 22.4 Å². The van der Waals surface area contributed by atoms with Crippen molar-refractivity contribution in [3.63, 3.8) is 0 Å². The number of rotatable bonds is 11. The number of nitrogens with zero attached hydrogens (tertiary/aromatic N) is 1. The molecule has 32 heavy (non-hydrogen) atoms. The van der Waals surface area contributed by atoms with Gasteiger partial charge in [-0.3, -0.25) is 14.4 Å². The highest BCUT2D eigenvalue weighted by Gasteiger charge is 2.21. The molecule has 7 nitrogen and oxygen atoms in total. The van der Waals surface area contributed by atoms with Gasteiger partial charge in [0.25, 0.3) is 0 Å². The average molecular weight is 450 g/mol. The molecule has 0 radical (unpaired) electrons. The van der Waals surface area contributed by atoms with Crippen LogP contribution in [-0.2, 0) is 48.4 Å². The second-order valence-electron chi connectivity index (χ2n) is 9.25. The molecule has 1 aromatic rings. The van der Waals surface area contributed by atoms with Gasteiger partial charge in [-0.25, -0.2) is 0 Å². The first-order valence-electron chi connectivity index (χ1n) is 11.2. The monoisotopic (exact) mass is 449 g/mol. The van der Waals surface area contributed by atoms with Crippen molar-refractivity contribution in [2.75, 3.05) is 11.9 Å². The molecular formula is C25H39NO6. The van der Waals surface area contributed by atoms with E-state index < -0.39 is 0 Å². The molecule has 0 aromatic heterocycles. The minimum Gasteiger partial charge on any atom is -0.461 e. The minimum atomic E-state index is -0.299. The summed E-state index contributed by atoms with van der Waals surface area (Å²) in [6, 6.07) is 3.91. The van der Waals surface area contributed by atoms with Crippen molar-refractivity contribution in [1.82, 2.24) is 0 Å². The van der Waals surface area contributed by atoms with Gasteiger partial charge in [0.15, 0.2) is 0 Å². The Kier molecular flexibility index (Phi) is 10.7. The molecule has 0 N–H and O–H groups in total. The fraction of sp³-hybridized carbons (Fsp3) is 0.640. The molecule has 0 unspecified atom stereocenters. The second kappa shape index (κ2) is 12.5. The van der Waals surface area contributed by atoms with Crippen LogP contribution in [0.15, 0.2) is 12.1 Å². The van der Waals surface area contributed by atoms with Crippen LogP contribution in [0.2, 0.25) is 0 Å². The lowest BCUT2D eigenvalue weighted by atomic mass is 10.0. The molecule has 0 saturated carbocycles. The highest BCUT2D eigenvalue weighted by atomic mass is 16.5. The molecule has 0 spiro atoms. The first kappa shape index (κ1) is 27.5. The smallest absolute Gasteiger partial charge is 0.308 e. The van der Waals surface area contributed by atoms with Gasteiger partial charge in [0, 0.05) is 29.9 Å². The largest absolute Gasteiger partial charge is 0.461 e. The Bertz CT molecular complexity index is 753. The van der Waals surface area contributed by atoms with Gasteiger partial charge in [-0.2, -0.15) is 0 Å². The number of anilines is 1. The molecule has 1 aromatic carbocycles. The van der Waals surface area contributed by atoms with Crippen LogP contribution < -0.4 is 4.90 Å². The normalized spacial score (nSPS) is 11.3. The van der Waals surface area contributed by atoms with Gasteiger partial charge in [-0.1, -0.05) is 41.5 Å². The lowest BCUT2D eigenvalue weighted by molar-refractivity contribution is -0.149. The van der Waals surface area contributed by atoms with E-state index in [2.05, 4.69) is 4.90 Å².